The second kappa shape index (κ2) is 10.00. The van der Waals surface area contributed by atoms with Crippen molar-refractivity contribution in [3.63, 3.8) is 0 Å². The van der Waals surface area contributed by atoms with Crippen molar-refractivity contribution in [2.24, 2.45) is 4.99 Å². The van der Waals surface area contributed by atoms with Gasteiger partial charge >= 0.3 is 0 Å². The van der Waals surface area contributed by atoms with Crippen LogP contribution in [0.4, 0.5) is 4.39 Å². The third-order valence-corrected chi connectivity index (χ3v) is 3.47. The van der Waals surface area contributed by atoms with Crippen molar-refractivity contribution in [3.05, 3.63) is 35.6 Å². The lowest BCUT2D eigenvalue weighted by Gasteiger charge is -2.12. The highest BCUT2D eigenvalue weighted by Crippen LogP contribution is 2.12. The van der Waals surface area contributed by atoms with Crippen LogP contribution in [0, 0.1) is 5.82 Å². The van der Waals surface area contributed by atoms with E-state index >= 15 is 0 Å². The van der Waals surface area contributed by atoms with Crippen molar-refractivity contribution < 1.29 is 23.4 Å². The molecule has 1 N–H and O–H groups in total. The van der Waals surface area contributed by atoms with E-state index in [1.54, 1.807) is 6.07 Å². The quantitative estimate of drug-likeness (QED) is 0.470. The standard InChI is InChI=1S/C17H23FN2O4/c1-2-22-10-11-24-17(19-12-13-6-5-9-23-13)20-16(21)14-7-3-4-8-15(14)18/h3-4,7-8,13H,2,5-6,9-12H2,1H3,(H,19,20,21)/t13-/m0/s1. The number of carbonyl (C=O) groups excluding carboxylic acids is 1. The minimum Gasteiger partial charge on any atom is -0.463 e. The van der Waals surface area contributed by atoms with Crippen molar-refractivity contribution in [3.8, 4) is 0 Å². The predicted molar refractivity (Wildman–Crippen MR) is 87.6 cm³/mol. The Bertz CT molecular complexity index is 559. The summed E-state index contributed by atoms with van der Waals surface area (Å²) in [5.41, 5.74) is -0.0595. The summed E-state index contributed by atoms with van der Waals surface area (Å²) in [6.45, 7) is 4.20. The lowest BCUT2D eigenvalue weighted by atomic mass is 10.2. The van der Waals surface area contributed by atoms with Gasteiger partial charge in [-0.2, -0.15) is 0 Å². The Morgan fingerprint density at radius 1 is 1.42 bits per heavy atom. The Morgan fingerprint density at radius 3 is 2.96 bits per heavy atom. The van der Waals surface area contributed by atoms with Crippen LogP contribution >= 0.6 is 0 Å². The van der Waals surface area contributed by atoms with E-state index in [0.717, 1.165) is 19.4 Å². The number of amides is 1. The summed E-state index contributed by atoms with van der Waals surface area (Å²) in [5.74, 6) is -1.20. The van der Waals surface area contributed by atoms with Crippen LogP contribution in [0.25, 0.3) is 0 Å². The summed E-state index contributed by atoms with van der Waals surface area (Å²) < 4.78 is 29.8. The van der Waals surface area contributed by atoms with Crippen LogP contribution in [-0.4, -0.2) is 51.0 Å². The van der Waals surface area contributed by atoms with Crippen LogP contribution in [0.2, 0.25) is 0 Å². The van der Waals surface area contributed by atoms with Gasteiger partial charge in [-0.3, -0.25) is 10.1 Å². The molecule has 1 aromatic rings. The molecule has 1 saturated heterocycles. The van der Waals surface area contributed by atoms with E-state index in [4.69, 9.17) is 14.2 Å². The first-order chi connectivity index (χ1) is 11.7. The van der Waals surface area contributed by atoms with Crippen LogP contribution in [-0.2, 0) is 14.2 Å². The van der Waals surface area contributed by atoms with Gasteiger partial charge < -0.3 is 14.2 Å². The SMILES string of the molecule is CCOCCOC(=NC[C@@H]1CCCO1)NC(=O)c1ccccc1F. The molecule has 6 nitrogen and oxygen atoms in total. The molecule has 0 unspecified atom stereocenters. The van der Waals surface area contributed by atoms with Gasteiger partial charge in [-0.1, -0.05) is 12.1 Å². The maximum atomic E-state index is 13.7. The minimum absolute atomic E-state index is 0.0286. The van der Waals surface area contributed by atoms with Gasteiger partial charge in [0.25, 0.3) is 11.9 Å². The molecule has 0 aliphatic carbocycles. The first-order valence-corrected chi connectivity index (χ1v) is 8.13. The fourth-order valence-corrected chi connectivity index (χ4v) is 2.25. The smallest absolute Gasteiger partial charge is 0.291 e. The minimum atomic E-state index is -0.601. The molecule has 1 fully saturated rings. The molecule has 7 heteroatoms. The summed E-state index contributed by atoms with van der Waals surface area (Å²) in [6.07, 6.45) is 1.96. The largest absolute Gasteiger partial charge is 0.463 e. The molecule has 0 spiro atoms. The number of aliphatic imine (C=N–C) groups is 1. The van der Waals surface area contributed by atoms with Crippen LogP contribution < -0.4 is 5.32 Å². The molecule has 1 aliphatic heterocycles. The summed E-state index contributed by atoms with van der Waals surface area (Å²) in [5, 5.41) is 2.51. The predicted octanol–water partition coefficient (Wildman–Crippen LogP) is 2.14. The molecule has 1 aliphatic rings. The zero-order chi connectivity index (χ0) is 17.2. The molecule has 1 aromatic carbocycles. The number of halogens is 1. The number of benzene rings is 1. The highest BCUT2D eigenvalue weighted by atomic mass is 19.1. The molecular weight excluding hydrogens is 315 g/mol. The Morgan fingerprint density at radius 2 is 2.25 bits per heavy atom. The maximum Gasteiger partial charge on any atom is 0.291 e. The molecule has 24 heavy (non-hydrogen) atoms. The zero-order valence-corrected chi connectivity index (χ0v) is 13.8. The Labute approximate surface area is 141 Å². The van der Waals surface area contributed by atoms with Crippen molar-refractivity contribution in [2.75, 3.05) is 33.0 Å². The van der Waals surface area contributed by atoms with Gasteiger partial charge in [0.2, 0.25) is 0 Å². The first kappa shape index (κ1) is 18.4. The number of rotatable bonds is 7. The van der Waals surface area contributed by atoms with Crippen molar-refractivity contribution in [1.82, 2.24) is 5.32 Å². The fourth-order valence-electron chi connectivity index (χ4n) is 2.25. The molecular formula is C17H23FN2O4. The third kappa shape index (κ3) is 5.90. The average molecular weight is 338 g/mol. The zero-order valence-electron chi connectivity index (χ0n) is 13.8. The molecule has 0 bridgehead atoms. The van der Waals surface area contributed by atoms with Crippen LogP contribution in [0.5, 0.6) is 0 Å². The van der Waals surface area contributed by atoms with E-state index in [0.29, 0.717) is 19.8 Å². The van der Waals surface area contributed by atoms with Gasteiger partial charge in [0.15, 0.2) is 0 Å². The summed E-state index contributed by atoms with van der Waals surface area (Å²) in [6, 6.07) is 5.81. The second-order valence-corrected chi connectivity index (χ2v) is 5.26. The van der Waals surface area contributed by atoms with Crippen molar-refractivity contribution in [1.29, 1.82) is 0 Å². The highest BCUT2D eigenvalue weighted by Gasteiger charge is 2.17. The third-order valence-electron chi connectivity index (χ3n) is 3.47. The fraction of sp³-hybridized carbons (Fsp3) is 0.529. The molecule has 2 rings (SSSR count). The lowest BCUT2D eigenvalue weighted by molar-refractivity contribution is 0.0911. The van der Waals surface area contributed by atoms with Gasteiger partial charge in [-0.05, 0) is 31.9 Å². The summed E-state index contributed by atoms with van der Waals surface area (Å²) >= 11 is 0. The monoisotopic (exact) mass is 338 g/mol. The molecule has 0 aromatic heterocycles. The van der Waals surface area contributed by atoms with Gasteiger partial charge in [0, 0.05) is 13.2 Å². The van der Waals surface area contributed by atoms with Crippen LogP contribution in [0.15, 0.2) is 29.3 Å². The number of hydrogen-bond acceptors (Lipinski definition) is 5. The van der Waals surface area contributed by atoms with E-state index in [2.05, 4.69) is 10.3 Å². The number of ether oxygens (including phenoxy) is 3. The maximum absolute atomic E-state index is 13.7. The van der Waals surface area contributed by atoms with E-state index < -0.39 is 11.7 Å². The molecule has 0 saturated carbocycles. The summed E-state index contributed by atoms with van der Waals surface area (Å²) in [4.78, 5) is 16.4. The normalized spacial score (nSPS) is 17.8. The number of nitrogens with zero attached hydrogens (tertiary/aromatic N) is 1. The Balaban J connectivity index is 1.96. The second-order valence-electron chi connectivity index (χ2n) is 5.26. The van der Waals surface area contributed by atoms with Gasteiger partial charge in [0.05, 0.1) is 24.8 Å². The molecule has 132 valence electrons. The Kier molecular flexibility index (Phi) is 7.64. The molecule has 1 heterocycles. The highest BCUT2D eigenvalue weighted by molar-refractivity contribution is 6.04. The number of nitrogens with one attached hydrogen (secondary N) is 1. The van der Waals surface area contributed by atoms with Crippen LogP contribution in [0.1, 0.15) is 30.1 Å². The Hall–Kier alpha value is -1.99. The van der Waals surface area contributed by atoms with E-state index in [9.17, 15) is 9.18 Å². The topological polar surface area (TPSA) is 69.2 Å². The lowest BCUT2D eigenvalue weighted by Crippen LogP contribution is -2.34. The number of hydrogen-bond donors (Lipinski definition) is 1. The van der Waals surface area contributed by atoms with Gasteiger partial charge in [-0.15, -0.1) is 0 Å². The van der Waals surface area contributed by atoms with Crippen molar-refractivity contribution in [2.45, 2.75) is 25.9 Å². The van der Waals surface area contributed by atoms with Crippen molar-refractivity contribution >= 4 is 11.9 Å². The van der Waals surface area contributed by atoms with Gasteiger partial charge in [0.1, 0.15) is 12.4 Å². The van der Waals surface area contributed by atoms with E-state index in [1.807, 2.05) is 6.92 Å². The molecule has 0 radical (unpaired) electrons. The van der Waals surface area contributed by atoms with E-state index in [1.165, 1.54) is 18.2 Å². The molecule has 1 atom stereocenters. The first-order valence-electron chi connectivity index (χ1n) is 8.13. The molecule has 1 amide bonds. The van der Waals surface area contributed by atoms with Crippen LogP contribution in [0.3, 0.4) is 0 Å². The van der Waals surface area contributed by atoms with Gasteiger partial charge in [-0.25, -0.2) is 9.38 Å². The van der Waals surface area contributed by atoms with E-state index in [-0.39, 0.29) is 24.3 Å². The number of carbonyl (C=O) groups is 1. The summed E-state index contributed by atoms with van der Waals surface area (Å²) in [7, 11) is 0. The number of amidine groups is 1. The average Bonchev–Trinajstić information content (AvgIpc) is 3.10.